The second kappa shape index (κ2) is 7.64. The van der Waals surface area contributed by atoms with E-state index in [1.54, 1.807) is 6.92 Å². The van der Waals surface area contributed by atoms with Crippen molar-refractivity contribution >= 4 is 0 Å². The summed E-state index contributed by atoms with van der Waals surface area (Å²) in [6.07, 6.45) is -12.2. The summed E-state index contributed by atoms with van der Waals surface area (Å²) in [6.45, 7) is 2.75. The fourth-order valence-corrected chi connectivity index (χ4v) is 1.66. The van der Waals surface area contributed by atoms with E-state index >= 15 is 0 Å². The van der Waals surface area contributed by atoms with E-state index in [9.17, 15) is 26.3 Å². The smallest absolute Gasteiger partial charge is 0.376 e. The molecule has 0 aliphatic carbocycles. The first-order valence-electron chi connectivity index (χ1n) is 6.55. The van der Waals surface area contributed by atoms with Crippen LogP contribution in [-0.4, -0.2) is 51.0 Å². The minimum Gasteiger partial charge on any atom is -0.376 e. The van der Waals surface area contributed by atoms with Crippen LogP contribution in [-0.2, 0) is 14.2 Å². The number of rotatable bonds is 9. The third-order valence-corrected chi connectivity index (χ3v) is 2.89. The molecule has 2 atom stereocenters. The molecule has 0 aromatic carbocycles. The molecule has 1 saturated heterocycles. The number of epoxide rings is 1. The van der Waals surface area contributed by atoms with E-state index in [0.29, 0.717) is 13.2 Å². The number of hydrogen-bond acceptors (Lipinski definition) is 3. The molecule has 2 unspecified atom stereocenters. The van der Waals surface area contributed by atoms with E-state index in [2.05, 4.69) is 0 Å². The van der Waals surface area contributed by atoms with Gasteiger partial charge in [-0.1, -0.05) is 0 Å². The Kier molecular flexibility index (Phi) is 6.73. The van der Waals surface area contributed by atoms with Crippen LogP contribution in [0.15, 0.2) is 0 Å². The molecule has 1 fully saturated rings. The fraction of sp³-hybridized carbons (Fsp3) is 1.00. The van der Waals surface area contributed by atoms with E-state index in [4.69, 9.17) is 14.2 Å². The quantitative estimate of drug-likeness (QED) is 0.370. The maximum atomic E-state index is 12.3. The van der Waals surface area contributed by atoms with Crippen LogP contribution in [0.5, 0.6) is 0 Å². The highest BCUT2D eigenvalue weighted by Crippen LogP contribution is 2.41. The van der Waals surface area contributed by atoms with Crippen LogP contribution in [0.1, 0.15) is 19.8 Å². The van der Waals surface area contributed by atoms with Gasteiger partial charge in [0.05, 0.1) is 25.9 Å². The Morgan fingerprint density at radius 2 is 1.71 bits per heavy atom. The summed E-state index contributed by atoms with van der Waals surface area (Å²) in [7, 11) is 0. The van der Waals surface area contributed by atoms with Crippen molar-refractivity contribution in [2.75, 3.05) is 26.4 Å². The molecule has 1 rings (SSSR count). The van der Waals surface area contributed by atoms with E-state index in [-0.39, 0.29) is 31.8 Å². The molecule has 21 heavy (non-hydrogen) atoms. The fourth-order valence-electron chi connectivity index (χ4n) is 1.66. The van der Waals surface area contributed by atoms with Crippen molar-refractivity contribution in [2.45, 2.75) is 44.3 Å². The molecule has 0 radical (unpaired) electrons. The first kappa shape index (κ1) is 18.5. The van der Waals surface area contributed by atoms with Gasteiger partial charge in [0.2, 0.25) is 0 Å². The van der Waals surface area contributed by atoms with Gasteiger partial charge in [0.25, 0.3) is 0 Å². The lowest BCUT2D eigenvalue weighted by atomic mass is 10.0. The molecule has 0 spiro atoms. The maximum absolute atomic E-state index is 12.3. The average Bonchev–Trinajstić information content (AvgIpc) is 3.09. The minimum atomic E-state index is -5.28. The molecule has 0 amide bonds. The number of hydrogen-bond donors (Lipinski definition) is 0. The second-order valence-corrected chi connectivity index (χ2v) is 4.95. The summed E-state index contributed by atoms with van der Waals surface area (Å²) in [4.78, 5) is 0. The summed E-state index contributed by atoms with van der Waals surface area (Å²) in [5.41, 5.74) is 0. The van der Waals surface area contributed by atoms with Crippen LogP contribution < -0.4 is 0 Å². The third kappa shape index (κ3) is 7.87. The molecule has 9 heteroatoms. The van der Waals surface area contributed by atoms with Gasteiger partial charge in [-0.15, -0.1) is 0 Å². The Labute approximate surface area is 118 Å². The van der Waals surface area contributed by atoms with Crippen LogP contribution in [0, 0.1) is 5.92 Å². The van der Waals surface area contributed by atoms with E-state index in [1.165, 1.54) is 0 Å². The zero-order valence-corrected chi connectivity index (χ0v) is 11.5. The highest BCUT2D eigenvalue weighted by Gasteiger charge is 2.55. The SMILES string of the molecule is CC(COCC1CO1)OCCCC(C(F)(F)F)C(F)(F)F. The van der Waals surface area contributed by atoms with Gasteiger partial charge in [0, 0.05) is 6.61 Å². The Morgan fingerprint density at radius 1 is 1.14 bits per heavy atom. The Morgan fingerprint density at radius 3 is 2.19 bits per heavy atom. The van der Waals surface area contributed by atoms with Crippen molar-refractivity contribution in [3.05, 3.63) is 0 Å². The number of halogens is 6. The first-order valence-corrected chi connectivity index (χ1v) is 6.55. The lowest BCUT2D eigenvalue weighted by Gasteiger charge is -2.23. The summed E-state index contributed by atoms with van der Waals surface area (Å²) in [6, 6.07) is 0. The van der Waals surface area contributed by atoms with Gasteiger partial charge in [-0.05, 0) is 19.8 Å². The maximum Gasteiger partial charge on any atom is 0.400 e. The third-order valence-electron chi connectivity index (χ3n) is 2.89. The van der Waals surface area contributed by atoms with Gasteiger partial charge in [-0.3, -0.25) is 0 Å². The Bertz CT molecular complexity index is 286. The van der Waals surface area contributed by atoms with Crippen LogP contribution >= 0.6 is 0 Å². The number of alkyl halides is 6. The number of ether oxygens (including phenoxy) is 3. The van der Waals surface area contributed by atoms with Crippen molar-refractivity contribution in [1.82, 2.24) is 0 Å². The first-order chi connectivity index (χ1) is 9.60. The summed E-state index contributed by atoms with van der Waals surface area (Å²) < 4.78 is 88.8. The topological polar surface area (TPSA) is 31.0 Å². The van der Waals surface area contributed by atoms with Crippen molar-refractivity contribution in [3.63, 3.8) is 0 Å². The Hall–Kier alpha value is -0.540. The predicted octanol–water partition coefficient (Wildman–Crippen LogP) is 3.33. The molecule has 3 nitrogen and oxygen atoms in total. The van der Waals surface area contributed by atoms with Crippen molar-refractivity contribution in [3.8, 4) is 0 Å². The Balaban J connectivity index is 2.15. The molecule has 0 N–H and O–H groups in total. The van der Waals surface area contributed by atoms with E-state index in [1.807, 2.05) is 0 Å². The molecule has 0 saturated carbocycles. The van der Waals surface area contributed by atoms with Crippen LogP contribution in [0.2, 0.25) is 0 Å². The van der Waals surface area contributed by atoms with Gasteiger partial charge in [0.1, 0.15) is 6.10 Å². The van der Waals surface area contributed by atoms with Crippen molar-refractivity contribution in [2.24, 2.45) is 5.92 Å². The van der Waals surface area contributed by atoms with Crippen LogP contribution in [0.25, 0.3) is 0 Å². The molecule has 1 aliphatic heterocycles. The standard InChI is InChI=1S/C12H18F6O3/c1-8(5-19-6-9-7-21-9)20-4-2-3-10(11(13,14)15)12(16,17)18/h8-10H,2-7H2,1H3. The molecular formula is C12H18F6O3. The molecule has 126 valence electrons. The molecule has 0 aromatic rings. The molecular weight excluding hydrogens is 306 g/mol. The van der Waals surface area contributed by atoms with Crippen molar-refractivity contribution in [1.29, 1.82) is 0 Å². The average molecular weight is 324 g/mol. The second-order valence-electron chi connectivity index (χ2n) is 4.95. The minimum absolute atomic E-state index is 0.0940. The lowest BCUT2D eigenvalue weighted by molar-refractivity contribution is -0.286. The van der Waals surface area contributed by atoms with Gasteiger partial charge in [-0.2, -0.15) is 26.3 Å². The lowest BCUT2D eigenvalue weighted by Crippen LogP contribution is -2.36. The molecule has 1 aliphatic rings. The van der Waals surface area contributed by atoms with Crippen LogP contribution in [0.4, 0.5) is 26.3 Å². The van der Waals surface area contributed by atoms with E-state index in [0.717, 1.165) is 0 Å². The summed E-state index contributed by atoms with van der Waals surface area (Å²) in [5, 5.41) is 0. The highest BCUT2D eigenvalue weighted by atomic mass is 19.4. The summed E-state index contributed by atoms with van der Waals surface area (Å²) in [5.74, 6) is -3.30. The van der Waals surface area contributed by atoms with Crippen molar-refractivity contribution < 1.29 is 40.6 Å². The van der Waals surface area contributed by atoms with Gasteiger partial charge in [-0.25, -0.2) is 0 Å². The molecule has 1 heterocycles. The zero-order valence-electron chi connectivity index (χ0n) is 11.5. The van der Waals surface area contributed by atoms with E-state index < -0.39 is 24.7 Å². The monoisotopic (exact) mass is 324 g/mol. The van der Waals surface area contributed by atoms with Gasteiger partial charge >= 0.3 is 12.4 Å². The highest BCUT2D eigenvalue weighted by molar-refractivity contribution is 4.75. The van der Waals surface area contributed by atoms with Gasteiger partial charge < -0.3 is 14.2 Å². The molecule has 0 bridgehead atoms. The largest absolute Gasteiger partial charge is 0.400 e. The normalized spacial score (nSPS) is 20.9. The van der Waals surface area contributed by atoms with Crippen LogP contribution in [0.3, 0.4) is 0 Å². The zero-order chi connectivity index (χ0) is 16.1. The molecule has 0 aromatic heterocycles. The summed E-state index contributed by atoms with van der Waals surface area (Å²) >= 11 is 0. The van der Waals surface area contributed by atoms with Gasteiger partial charge in [0.15, 0.2) is 5.92 Å². The predicted molar refractivity (Wildman–Crippen MR) is 60.8 cm³/mol.